The quantitative estimate of drug-likeness (QED) is 0.526. The molecule has 2 aromatic rings. The normalized spacial score (nSPS) is 22.7. The number of benzene rings is 2. The minimum atomic E-state index is -0.198. The predicted molar refractivity (Wildman–Crippen MR) is 153 cm³/mol. The van der Waals surface area contributed by atoms with Gasteiger partial charge in [-0.05, 0) is 64.0 Å². The number of nitrogens with one attached hydrogen (secondary N) is 1. The van der Waals surface area contributed by atoms with E-state index in [1.54, 1.807) is 11.8 Å². The average molecular weight is 513 g/mol. The van der Waals surface area contributed by atoms with E-state index in [0.29, 0.717) is 16.8 Å². The molecule has 2 heterocycles. The van der Waals surface area contributed by atoms with Crippen LogP contribution in [-0.2, 0) is 10.5 Å². The van der Waals surface area contributed by atoms with Gasteiger partial charge < -0.3 is 0 Å². The molecule has 0 radical (unpaired) electrons. The van der Waals surface area contributed by atoms with Crippen LogP contribution in [0.5, 0.6) is 0 Å². The van der Waals surface area contributed by atoms with Crippen molar-refractivity contribution in [1.29, 1.82) is 0 Å². The lowest BCUT2D eigenvalue weighted by Crippen LogP contribution is -2.55. The number of rotatable bonds is 6. The summed E-state index contributed by atoms with van der Waals surface area (Å²) in [4.78, 5) is 18.6. The minimum absolute atomic E-state index is 0.102. The Kier molecular flexibility index (Phi) is 7.65. The zero-order valence-corrected chi connectivity index (χ0v) is 23.0. The Bertz CT molecular complexity index is 1390. The highest BCUT2D eigenvalue weighted by atomic mass is 32.2. The first-order valence-corrected chi connectivity index (χ1v) is 14.2. The molecule has 3 atom stereocenters. The van der Waals surface area contributed by atoms with Crippen LogP contribution in [-0.4, -0.2) is 22.2 Å². The maximum atomic E-state index is 13.4. The minimum Gasteiger partial charge on any atom is -0.298 e. The number of aryl methyl sites for hydroxylation is 1. The summed E-state index contributed by atoms with van der Waals surface area (Å²) >= 11 is 1.56. The van der Waals surface area contributed by atoms with Crippen LogP contribution >= 0.6 is 11.8 Å². The van der Waals surface area contributed by atoms with Gasteiger partial charge in [-0.3, -0.25) is 15.1 Å². The topological polar surface area (TPSA) is 57.1 Å². The molecule has 5 rings (SSSR count). The van der Waals surface area contributed by atoms with Gasteiger partial charge in [0.1, 0.15) is 11.9 Å². The van der Waals surface area contributed by atoms with E-state index in [0.717, 1.165) is 42.0 Å². The zero-order valence-electron chi connectivity index (χ0n) is 22.2. The average Bonchev–Trinajstić information content (AvgIpc) is 2.88. The smallest absolute Gasteiger partial charge is 0.276 e. The summed E-state index contributed by atoms with van der Waals surface area (Å²) in [6.07, 6.45) is 8.79. The standard InChI is InChI=1S/C31H36N4OS/c1-20(2)8-7-9-23-16-17-25(22(4)18-23)29-32-27-11-6-5-10-26(27)28-30(36)33-31(34-35(28)29)37-19-24-14-12-21(3)13-15-24/h5-6,8,10-16,22,25,29H,7,9,17-19H2,1-4H3,(H,33,34,36)/t22-,25-,29+/m0/s1. The first kappa shape index (κ1) is 25.5. The summed E-state index contributed by atoms with van der Waals surface area (Å²) < 4.78 is 0. The molecule has 2 aliphatic heterocycles. The highest BCUT2D eigenvalue weighted by molar-refractivity contribution is 8.13. The highest BCUT2D eigenvalue weighted by Gasteiger charge is 2.40. The Hall–Kier alpha value is -3.12. The molecule has 3 aliphatic rings. The molecule has 0 spiro atoms. The molecule has 2 aromatic carbocycles. The van der Waals surface area contributed by atoms with Crippen molar-refractivity contribution in [3.63, 3.8) is 0 Å². The molecular formula is C31H36N4OS. The fourth-order valence-electron chi connectivity index (χ4n) is 5.38. The van der Waals surface area contributed by atoms with Crippen LogP contribution in [0.2, 0.25) is 0 Å². The van der Waals surface area contributed by atoms with Crippen LogP contribution in [0, 0.1) is 18.8 Å². The van der Waals surface area contributed by atoms with Crippen molar-refractivity contribution in [1.82, 2.24) is 10.3 Å². The maximum Gasteiger partial charge on any atom is 0.276 e. The third-order valence-corrected chi connectivity index (χ3v) is 8.37. The summed E-state index contributed by atoms with van der Waals surface area (Å²) in [6.45, 7) is 8.74. The second-order valence-electron chi connectivity index (χ2n) is 10.7. The first-order chi connectivity index (χ1) is 17.9. The van der Waals surface area contributed by atoms with Crippen molar-refractivity contribution < 1.29 is 4.79 Å². The van der Waals surface area contributed by atoms with E-state index in [1.165, 1.54) is 22.3 Å². The van der Waals surface area contributed by atoms with Crippen LogP contribution in [0.25, 0.3) is 5.70 Å². The number of fused-ring (bicyclic) bond motifs is 2. The molecule has 192 valence electrons. The first-order valence-electron chi connectivity index (χ1n) is 13.2. The summed E-state index contributed by atoms with van der Waals surface area (Å²) in [7, 11) is 0. The molecule has 6 heteroatoms. The number of amidine groups is 1. The van der Waals surface area contributed by atoms with Gasteiger partial charge in [-0.25, -0.2) is 5.01 Å². The van der Waals surface area contributed by atoms with Crippen LogP contribution in [0.1, 0.15) is 57.6 Å². The molecule has 0 bridgehead atoms. The molecule has 0 saturated heterocycles. The van der Waals surface area contributed by atoms with E-state index in [9.17, 15) is 4.79 Å². The second-order valence-corrected chi connectivity index (χ2v) is 11.6. The van der Waals surface area contributed by atoms with Gasteiger partial charge in [0.25, 0.3) is 5.91 Å². The van der Waals surface area contributed by atoms with Gasteiger partial charge in [0, 0.05) is 16.9 Å². The molecule has 0 fully saturated rings. The number of nitrogens with zero attached hydrogens (tertiary/aromatic N) is 3. The van der Waals surface area contributed by atoms with Gasteiger partial charge in [-0.1, -0.05) is 90.0 Å². The Morgan fingerprint density at radius 2 is 1.95 bits per heavy atom. The Morgan fingerprint density at radius 3 is 2.70 bits per heavy atom. The summed E-state index contributed by atoms with van der Waals surface area (Å²) in [5, 5.41) is 12.3. The van der Waals surface area contributed by atoms with Crippen molar-refractivity contribution in [3.05, 3.63) is 93.5 Å². The third-order valence-electron chi connectivity index (χ3n) is 7.44. The molecule has 1 aliphatic carbocycles. The Balaban J connectivity index is 1.43. The third kappa shape index (κ3) is 5.74. The molecule has 5 nitrogen and oxygen atoms in total. The van der Waals surface area contributed by atoms with E-state index in [-0.39, 0.29) is 18.0 Å². The van der Waals surface area contributed by atoms with E-state index >= 15 is 0 Å². The van der Waals surface area contributed by atoms with Crippen molar-refractivity contribution >= 4 is 28.5 Å². The number of hydrogen-bond acceptors (Lipinski definition) is 5. The number of amides is 1. The zero-order chi connectivity index (χ0) is 25.9. The molecule has 1 N–H and O–H groups in total. The van der Waals surface area contributed by atoms with E-state index in [1.807, 2.05) is 29.3 Å². The van der Waals surface area contributed by atoms with Crippen LogP contribution in [0.15, 0.2) is 81.9 Å². The molecule has 0 aromatic heterocycles. The van der Waals surface area contributed by atoms with Crippen molar-refractivity contribution in [2.24, 2.45) is 21.9 Å². The number of thioether (sulfide) groups is 1. The van der Waals surface area contributed by atoms with Gasteiger partial charge in [0.2, 0.25) is 0 Å². The van der Waals surface area contributed by atoms with Crippen molar-refractivity contribution in [3.8, 4) is 0 Å². The number of hydrogen-bond donors (Lipinski definition) is 1. The largest absolute Gasteiger partial charge is 0.298 e. The van der Waals surface area contributed by atoms with Crippen LogP contribution in [0.3, 0.4) is 0 Å². The van der Waals surface area contributed by atoms with Gasteiger partial charge >= 0.3 is 0 Å². The molecular weight excluding hydrogens is 476 g/mol. The number of carbonyl (C=O) groups excluding carboxylic acids is 1. The molecule has 0 unspecified atom stereocenters. The second kappa shape index (κ2) is 11.1. The fourth-order valence-corrected chi connectivity index (χ4v) is 6.19. The van der Waals surface area contributed by atoms with Gasteiger partial charge in [0.05, 0.1) is 5.36 Å². The highest BCUT2D eigenvalue weighted by Crippen LogP contribution is 2.38. The Morgan fingerprint density at radius 1 is 1.16 bits per heavy atom. The lowest BCUT2D eigenvalue weighted by Gasteiger charge is -2.41. The van der Waals surface area contributed by atoms with Gasteiger partial charge in [-0.2, -0.15) is 0 Å². The molecule has 37 heavy (non-hydrogen) atoms. The lowest BCUT2D eigenvalue weighted by atomic mass is 9.77. The molecule has 0 saturated carbocycles. The van der Waals surface area contributed by atoms with E-state index in [2.05, 4.69) is 69.4 Å². The number of para-hydroxylation sites is 1. The van der Waals surface area contributed by atoms with E-state index < -0.39 is 0 Å². The van der Waals surface area contributed by atoms with Crippen molar-refractivity contribution in [2.45, 2.75) is 65.3 Å². The summed E-state index contributed by atoms with van der Waals surface area (Å²) in [5.74, 6) is 1.39. The fraction of sp³-hybridized carbons (Fsp3) is 0.387. The maximum absolute atomic E-state index is 13.4. The monoisotopic (exact) mass is 512 g/mol. The molecule has 1 amide bonds. The number of hydrazone groups is 1. The van der Waals surface area contributed by atoms with Gasteiger partial charge in [-0.15, -0.1) is 5.10 Å². The van der Waals surface area contributed by atoms with Crippen LogP contribution < -0.4 is 15.9 Å². The lowest BCUT2D eigenvalue weighted by molar-refractivity contribution is -0.116. The van der Waals surface area contributed by atoms with Crippen LogP contribution in [0.4, 0.5) is 0 Å². The van der Waals surface area contributed by atoms with Gasteiger partial charge in [0.15, 0.2) is 5.17 Å². The predicted octanol–water partition coefficient (Wildman–Crippen LogP) is 5.42. The summed E-state index contributed by atoms with van der Waals surface area (Å²) in [5.41, 5.74) is 5.97. The van der Waals surface area contributed by atoms with E-state index in [4.69, 9.17) is 10.1 Å². The summed E-state index contributed by atoms with van der Waals surface area (Å²) in [6, 6.07) is 16.4. The van der Waals surface area contributed by atoms with Crippen molar-refractivity contribution in [2.75, 3.05) is 0 Å². The number of allylic oxidation sites excluding steroid dienone is 4. The Labute approximate surface area is 224 Å². The number of carbonyl (C=O) groups is 1. The SMILES string of the molecule is CC(C)=CCCC1=CC[C@H]([C@@H]2N=c3ccccc3=C3C(=O)NC(SCc4ccc(C)cc4)=NN32)[C@@H](C)C1.